The van der Waals surface area contributed by atoms with Crippen LogP contribution in [0.2, 0.25) is 5.02 Å². The first kappa shape index (κ1) is 15.0. The minimum Gasteiger partial charge on any atom is -0.382 e. The highest BCUT2D eigenvalue weighted by Gasteiger charge is 2.17. The van der Waals surface area contributed by atoms with Crippen LogP contribution in [0.3, 0.4) is 0 Å². The number of hydrogen-bond acceptors (Lipinski definition) is 3. The van der Waals surface area contributed by atoms with E-state index in [1.54, 1.807) is 0 Å². The van der Waals surface area contributed by atoms with E-state index < -0.39 is 0 Å². The Morgan fingerprint density at radius 2 is 1.85 bits per heavy atom. The molecule has 0 aliphatic rings. The van der Waals surface area contributed by atoms with Gasteiger partial charge in [0.2, 0.25) is 0 Å². The number of anilines is 1. The fraction of sp³-hybridized carbons (Fsp3) is 0. The Labute approximate surface area is 153 Å². The molecule has 0 radical (unpaired) electrons. The topological polar surface area (TPSA) is 83.4 Å². The van der Waals surface area contributed by atoms with Gasteiger partial charge in [-0.2, -0.15) is 5.10 Å². The molecule has 5 aromatic rings. The number of nitrogen functional groups attached to an aromatic ring is 1. The van der Waals surface area contributed by atoms with Crippen LogP contribution in [-0.2, 0) is 0 Å². The van der Waals surface area contributed by atoms with Gasteiger partial charge in [-0.3, -0.25) is 5.10 Å². The maximum absolute atomic E-state index is 6.16. The van der Waals surface area contributed by atoms with Gasteiger partial charge in [0.1, 0.15) is 0 Å². The van der Waals surface area contributed by atoms with Crippen molar-refractivity contribution in [2.75, 3.05) is 5.73 Å². The van der Waals surface area contributed by atoms with E-state index in [9.17, 15) is 0 Å². The number of halogens is 1. The summed E-state index contributed by atoms with van der Waals surface area (Å²) in [4.78, 5) is 8.01. The van der Waals surface area contributed by atoms with Gasteiger partial charge in [0.05, 0.1) is 11.1 Å². The van der Waals surface area contributed by atoms with Crippen molar-refractivity contribution < 1.29 is 0 Å². The van der Waals surface area contributed by atoms with Crippen molar-refractivity contribution >= 4 is 39.4 Å². The highest BCUT2D eigenvalue weighted by molar-refractivity contribution is 6.30. The van der Waals surface area contributed by atoms with E-state index in [4.69, 9.17) is 22.3 Å². The van der Waals surface area contributed by atoms with Crippen LogP contribution >= 0.6 is 11.6 Å². The number of nitrogens with zero attached hydrogens (tertiary/aromatic N) is 2. The van der Waals surface area contributed by atoms with Crippen molar-refractivity contribution in [3.63, 3.8) is 0 Å². The number of H-pyrrole nitrogens is 2. The smallest absolute Gasteiger partial charge is 0.158 e. The molecule has 2 aromatic carbocycles. The lowest BCUT2D eigenvalue weighted by Gasteiger charge is -2.07. The summed E-state index contributed by atoms with van der Waals surface area (Å²) < 4.78 is 0. The monoisotopic (exact) mass is 359 g/mol. The molecule has 3 heterocycles. The van der Waals surface area contributed by atoms with Gasteiger partial charge in [0.25, 0.3) is 0 Å². The first-order valence-electron chi connectivity index (χ1n) is 8.18. The number of aromatic amines is 2. The molecular formula is C20H14ClN5. The first-order valence-corrected chi connectivity index (χ1v) is 8.55. The van der Waals surface area contributed by atoms with Crippen molar-refractivity contribution in [3.05, 3.63) is 65.8 Å². The predicted molar refractivity (Wildman–Crippen MR) is 106 cm³/mol. The number of nitrogens with one attached hydrogen (secondary N) is 2. The number of aromatic nitrogens is 4. The normalized spacial score (nSPS) is 11.4. The third-order valence-electron chi connectivity index (χ3n) is 4.56. The molecule has 0 aliphatic heterocycles. The van der Waals surface area contributed by atoms with Crippen LogP contribution in [0.4, 0.5) is 5.82 Å². The van der Waals surface area contributed by atoms with Crippen LogP contribution in [-0.4, -0.2) is 20.2 Å². The number of rotatable bonds is 2. The van der Waals surface area contributed by atoms with Gasteiger partial charge < -0.3 is 10.7 Å². The second-order valence-electron chi connectivity index (χ2n) is 6.15. The summed E-state index contributed by atoms with van der Waals surface area (Å²) in [6.45, 7) is 0. The molecule has 6 heteroatoms. The lowest BCUT2D eigenvalue weighted by atomic mass is 9.99. The quantitative estimate of drug-likeness (QED) is 0.414. The Hall–Kier alpha value is -3.31. The molecule has 0 spiro atoms. The fourth-order valence-electron chi connectivity index (χ4n) is 3.36. The van der Waals surface area contributed by atoms with Crippen molar-refractivity contribution in [1.82, 2.24) is 20.2 Å². The minimum atomic E-state index is 0.436. The highest BCUT2D eigenvalue weighted by atomic mass is 35.5. The third kappa shape index (κ3) is 2.25. The number of hydrogen-bond donors (Lipinski definition) is 3. The lowest BCUT2D eigenvalue weighted by Crippen LogP contribution is -1.91. The van der Waals surface area contributed by atoms with Gasteiger partial charge in [-0.15, -0.1) is 0 Å². The van der Waals surface area contributed by atoms with Crippen molar-refractivity contribution in [1.29, 1.82) is 0 Å². The van der Waals surface area contributed by atoms with Crippen molar-refractivity contribution in [2.45, 2.75) is 0 Å². The molecule has 0 amide bonds. The first-order chi connectivity index (χ1) is 12.7. The number of nitrogens with two attached hydrogens (primary N) is 1. The van der Waals surface area contributed by atoms with Crippen LogP contribution in [0.5, 0.6) is 0 Å². The Morgan fingerprint density at radius 1 is 0.962 bits per heavy atom. The van der Waals surface area contributed by atoms with E-state index in [-0.39, 0.29) is 0 Å². The van der Waals surface area contributed by atoms with Gasteiger partial charge in [-0.25, -0.2) is 4.98 Å². The van der Waals surface area contributed by atoms with E-state index in [0.717, 1.165) is 38.7 Å². The van der Waals surface area contributed by atoms with E-state index >= 15 is 0 Å². The van der Waals surface area contributed by atoms with Gasteiger partial charge >= 0.3 is 0 Å². The number of fused-ring (bicyclic) bond motifs is 2. The van der Waals surface area contributed by atoms with Gasteiger partial charge in [0, 0.05) is 38.8 Å². The largest absolute Gasteiger partial charge is 0.382 e. The molecule has 26 heavy (non-hydrogen) atoms. The summed E-state index contributed by atoms with van der Waals surface area (Å²) in [5.74, 6) is 0.436. The van der Waals surface area contributed by atoms with E-state index in [2.05, 4.69) is 21.2 Å². The van der Waals surface area contributed by atoms with Crippen LogP contribution in [0.15, 0.2) is 60.8 Å². The summed E-state index contributed by atoms with van der Waals surface area (Å²) in [6, 6.07) is 17.8. The zero-order valence-electron chi connectivity index (χ0n) is 13.6. The van der Waals surface area contributed by atoms with E-state index in [1.165, 1.54) is 0 Å². The molecule has 0 bridgehead atoms. The molecule has 0 unspecified atom stereocenters. The summed E-state index contributed by atoms with van der Waals surface area (Å²) in [5, 5.41) is 9.70. The molecule has 0 saturated carbocycles. The summed E-state index contributed by atoms with van der Waals surface area (Å²) >= 11 is 6.16. The zero-order valence-corrected chi connectivity index (χ0v) is 14.4. The lowest BCUT2D eigenvalue weighted by molar-refractivity contribution is 1.11. The van der Waals surface area contributed by atoms with Gasteiger partial charge in [-0.1, -0.05) is 41.9 Å². The minimum absolute atomic E-state index is 0.436. The second kappa shape index (κ2) is 5.61. The Bertz CT molecular complexity index is 1270. The average molecular weight is 360 g/mol. The molecule has 5 nitrogen and oxygen atoms in total. The van der Waals surface area contributed by atoms with Gasteiger partial charge in [0.15, 0.2) is 11.5 Å². The molecule has 4 N–H and O–H groups in total. The van der Waals surface area contributed by atoms with Crippen LogP contribution in [0, 0.1) is 0 Å². The summed E-state index contributed by atoms with van der Waals surface area (Å²) in [6.07, 6.45) is 1.99. The predicted octanol–water partition coefficient (Wildman–Crippen LogP) is 5.01. The average Bonchev–Trinajstić information content (AvgIpc) is 3.25. The van der Waals surface area contributed by atoms with E-state index in [0.29, 0.717) is 16.5 Å². The molecule has 3 aromatic heterocycles. The fourth-order valence-corrected chi connectivity index (χ4v) is 3.55. The van der Waals surface area contributed by atoms with Crippen molar-refractivity contribution in [3.8, 4) is 22.4 Å². The van der Waals surface area contributed by atoms with Crippen LogP contribution in [0.1, 0.15) is 0 Å². The number of para-hydroxylation sites is 1. The van der Waals surface area contributed by atoms with Crippen LogP contribution < -0.4 is 5.73 Å². The highest BCUT2D eigenvalue weighted by Crippen LogP contribution is 2.37. The Morgan fingerprint density at radius 3 is 2.73 bits per heavy atom. The Kier molecular flexibility index (Phi) is 3.23. The molecule has 0 aliphatic carbocycles. The maximum atomic E-state index is 6.16. The summed E-state index contributed by atoms with van der Waals surface area (Å²) in [5.41, 5.74) is 11.6. The van der Waals surface area contributed by atoms with E-state index in [1.807, 2.05) is 54.7 Å². The van der Waals surface area contributed by atoms with Crippen LogP contribution in [0.25, 0.3) is 44.3 Å². The maximum Gasteiger partial charge on any atom is 0.158 e. The zero-order chi connectivity index (χ0) is 17.7. The molecule has 0 fully saturated rings. The third-order valence-corrected chi connectivity index (χ3v) is 4.79. The molecular weight excluding hydrogens is 346 g/mol. The molecule has 0 atom stereocenters. The number of benzene rings is 2. The Balaban J connectivity index is 1.85. The standard InChI is InChI=1S/C20H14ClN5/c21-12-5-3-4-11(8-12)17-9-14(18-19(22)25-26-20(18)24-17)15-10-23-16-7-2-1-6-13(15)16/h1-10,23H,(H3,22,24,25,26). The number of pyridine rings is 1. The van der Waals surface area contributed by atoms with Crippen molar-refractivity contribution in [2.24, 2.45) is 0 Å². The SMILES string of the molecule is Nc1n[nH]c2nc(-c3cccc(Cl)c3)cc(-c3c[nH]c4ccccc34)c12. The second-order valence-corrected chi connectivity index (χ2v) is 6.58. The van der Waals surface area contributed by atoms with Gasteiger partial charge in [-0.05, 0) is 24.3 Å². The molecule has 0 saturated heterocycles. The molecule has 126 valence electrons. The summed E-state index contributed by atoms with van der Waals surface area (Å²) in [7, 11) is 0. The molecule has 5 rings (SSSR count).